The van der Waals surface area contributed by atoms with E-state index in [1.165, 1.54) is 17.0 Å². The van der Waals surface area contributed by atoms with Gasteiger partial charge in [0.25, 0.3) is 5.91 Å². The zero-order valence-corrected chi connectivity index (χ0v) is 19.1. The number of amides is 3. The van der Waals surface area contributed by atoms with Crippen molar-refractivity contribution in [2.45, 2.75) is 13.3 Å². The van der Waals surface area contributed by atoms with Crippen molar-refractivity contribution in [2.24, 2.45) is 17.8 Å². The Labute approximate surface area is 202 Å². The van der Waals surface area contributed by atoms with E-state index in [0.717, 1.165) is 10.8 Å². The number of fused-ring (bicyclic) bond motifs is 2. The maximum Gasteiger partial charge on any atom is 0.338 e. The number of esters is 1. The average Bonchev–Trinajstić information content (AvgIpc) is 3.13. The Bertz CT molecular complexity index is 1360. The van der Waals surface area contributed by atoms with E-state index in [2.05, 4.69) is 5.32 Å². The number of carbonyl (C=O) groups excluding carboxylic acids is 4. The van der Waals surface area contributed by atoms with Gasteiger partial charge in [0.2, 0.25) is 11.8 Å². The molecule has 1 fully saturated rings. The van der Waals surface area contributed by atoms with Crippen molar-refractivity contribution in [3.05, 3.63) is 84.4 Å². The van der Waals surface area contributed by atoms with Crippen LogP contribution in [0.3, 0.4) is 0 Å². The van der Waals surface area contributed by atoms with Crippen LogP contribution in [0.2, 0.25) is 0 Å². The summed E-state index contributed by atoms with van der Waals surface area (Å²) in [5, 5.41) is 4.65. The van der Waals surface area contributed by atoms with Crippen LogP contribution < -0.4 is 10.2 Å². The minimum atomic E-state index is -0.671. The fraction of sp³-hybridized carbons (Fsp3) is 0.214. The highest BCUT2D eigenvalue weighted by atomic mass is 16.5. The second-order valence-corrected chi connectivity index (χ2v) is 8.87. The molecule has 3 amide bonds. The highest BCUT2D eigenvalue weighted by Crippen LogP contribution is 2.40. The van der Waals surface area contributed by atoms with Crippen LogP contribution in [0, 0.1) is 17.8 Å². The lowest BCUT2D eigenvalue weighted by Crippen LogP contribution is -2.31. The summed E-state index contributed by atoms with van der Waals surface area (Å²) in [6.07, 6.45) is 4.49. The molecule has 0 aromatic heterocycles. The lowest BCUT2D eigenvalue weighted by Gasteiger charge is -2.22. The third-order valence-electron chi connectivity index (χ3n) is 6.63. The molecular weight excluding hydrogens is 444 g/mol. The summed E-state index contributed by atoms with van der Waals surface area (Å²) in [4.78, 5) is 51.8. The number of hydrogen-bond acceptors (Lipinski definition) is 5. The van der Waals surface area contributed by atoms with Crippen LogP contribution >= 0.6 is 0 Å². The smallest absolute Gasteiger partial charge is 0.338 e. The first-order valence-electron chi connectivity index (χ1n) is 11.5. The predicted molar refractivity (Wildman–Crippen MR) is 132 cm³/mol. The molecule has 1 heterocycles. The van der Waals surface area contributed by atoms with E-state index >= 15 is 0 Å². The summed E-state index contributed by atoms with van der Waals surface area (Å²) in [5.74, 6) is -2.23. The Morgan fingerprint density at radius 1 is 0.971 bits per heavy atom. The van der Waals surface area contributed by atoms with E-state index in [-0.39, 0.29) is 35.1 Å². The molecule has 5 rings (SSSR count). The molecule has 0 saturated carbocycles. The van der Waals surface area contributed by atoms with Crippen molar-refractivity contribution in [1.82, 2.24) is 0 Å². The molecule has 0 spiro atoms. The van der Waals surface area contributed by atoms with Gasteiger partial charge in [0.1, 0.15) is 0 Å². The van der Waals surface area contributed by atoms with Gasteiger partial charge in [-0.3, -0.25) is 19.3 Å². The lowest BCUT2D eigenvalue weighted by atomic mass is 9.78. The monoisotopic (exact) mass is 468 g/mol. The van der Waals surface area contributed by atoms with Gasteiger partial charge in [-0.25, -0.2) is 4.79 Å². The first-order valence-corrected chi connectivity index (χ1v) is 11.5. The van der Waals surface area contributed by atoms with Gasteiger partial charge in [-0.05, 0) is 48.1 Å². The number of imide groups is 1. The Balaban J connectivity index is 1.21. The first kappa shape index (κ1) is 22.5. The highest BCUT2D eigenvalue weighted by molar-refractivity contribution is 6.22. The zero-order chi connectivity index (χ0) is 24.5. The fourth-order valence-corrected chi connectivity index (χ4v) is 4.88. The summed E-state index contributed by atoms with van der Waals surface area (Å²) < 4.78 is 5.17. The molecule has 3 aromatic carbocycles. The van der Waals surface area contributed by atoms with E-state index in [0.29, 0.717) is 17.8 Å². The van der Waals surface area contributed by atoms with Crippen LogP contribution in [0.15, 0.2) is 78.9 Å². The molecule has 3 atom stereocenters. The molecule has 1 saturated heterocycles. The number of nitrogens with one attached hydrogen (secondary N) is 1. The molecule has 0 bridgehead atoms. The summed E-state index contributed by atoms with van der Waals surface area (Å²) >= 11 is 0. The van der Waals surface area contributed by atoms with Gasteiger partial charge in [-0.1, -0.05) is 55.5 Å². The van der Waals surface area contributed by atoms with Crippen LogP contribution in [-0.4, -0.2) is 30.3 Å². The minimum Gasteiger partial charge on any atom is -0.452 e. The van der Waals surface area contributed by atoms with Gasteiger partial charge in [-0.2, -0.15) is 0 Å². The molecule has 176 valence electrons. The number of hydrogen-bond donors (Lipinski definition) is 1. The van der Waals surface area contributed by atoms with E-state index in [9.17, 15) is 19.2 Å². The summed E-state index contributed by atoms with van der Waals surface area (Å²) in [6.45, 7) is 1.50. The van der Waals surface area contributed by atoms with E-state index < -0.39 is 18.5 Å². The first-order chi connectivity index (χ1) is 16.9. The molecule has 2 aliphatic rings. The summed E-state index contributed by atoms with van der Waals surface area (Å²) in [5.41, 5.74) is 1.28. The molecule has 0 unspecified atom stereocenters. The van der Waals surface area contributed by atoms with Gasteiger partial charge >= 0.3 is 5.97 Å². The second kappa shape index (κ2) is 9.18. The Morgan fingerprint density at radius 3 is 2.49 bits per heavy atom. The van der Waals surface area contributed by atoms with Gasteiger partial charge in [0.05, 0.1) is 23.1 Å². The standard InChI is InChI=1S/C28H24N2O5/c1-17-6-4-10-22-25(17)27(33)30(26(22)32)20-14-12-19(13-15-20)28(34)35-16-24(31)29-23-11-5-8-18-7-2-3-9-21(18)23/h2-9,11-15,17,22,25H,10,16H2,1H3,(H,29,31)/t17-,22-,25+/m1/s1. The lowest BCUT2D eigenvalue weighted by molar-refractivity contribution is -0.123. The van der Waals surface area contributed by atoms with Crippen LogP contribution in [0.25, 0.3) is 10.8 Å². The predicted octanol–water partition coefficient (Wildman–Crippen LogP) is 4.34. The number of nitrogens with zero attached hydrogens (tertiary/aromatic N) is 1. The Hall–Kier alpha value is -4.26. The quantitative estimate of drug-likeness (QED) is 0.342. The van der Waals surface area contributed by atoms with Crippen molar-refractivity contribution in [3.8, 4) is 0 Å². The normalized spacial score (nSPS) is 21.2. The number of anilines is 2. The van der Waals surface area contributed by atoms with E-state index in [1.54, 1.807) is 18.2 Å². The average molecular weight is 469 g/mol. The van der Waals surface area contributed by atoms with Crippen molar-refractivity contribution in [3.63, 3.8) is 0 Å². The van der Waals surface area contributed by atoms with Gasteiger partial charge in [-0.15, -0.1) is 0 Å². The fourth-order valence-electron chi connectivity index (χ4n) is 4.88. The van der Waals surface area contributed by atoms with Crippen molar-refractivity contribution in [2.75, 3.05) is 16.8 Å². The van der Waals surface area contributed by atoms with Crippen LogP contribution in [0.4, 0.5) is 11.4 Å². The molecule has 7 nitrogen and oxygen atoms in total. The van der Waals surface area contributed by atoms with Crippen LogP contribution in [0.1, 0.15) is 23.7 Å². The molecule has 7 heteroatoms. The number of ether oxygens (including phenoxy) is 1. The number of benzene rings is 3. The molecule has 1 N–H and O–H groups in total. The summed E-state index contributed by atoms with van der Waals surface area (Å²) in [6, 6.07) is 19.3. The molecular formula is C28H24N2O5. The van der Waals surface area contributed by atoms with Crippen LogP contribution in [0.5, 0.6) is 0 Å². The van der Waals surface area contributed by atoms with E-state index in [1.807, 2.05) is 55.5 Å². The van der Waals surface area contributed by atoms with Crippen molar-refractivity contribution in [1.29, 1.82) is 0 Å². The maximum absolute atomic E-state index is 12.9. The minimum absolute atomic E-state index is 0.00414. The van der Waals surface area contributed by atoms with Crippen molar-refractivity contribution >= 4 is 45.8 Å². The van der Waals surface area contributed by atoms with Gasteiger partial charge in [0.15, 0.2) is 6.61 Å². The summed E-state index contributed by atoms with van der Waals surface area (Å²) in [7, 11) is 0. The maximum atomic E-state index is 12.9. The topological polar surface area (TPSA) is 92.8 Å². The van der Waals surface area contributed by atoms with E-state index in [4.69, 9.17) is 4.74 Å². The number of rotatable bonds is 5. The molecule has 1 aliphatic carbocycles. The van der Waals surface area contributed by atoms with Gasteiger partial charge < -0.3 is 10.1 Å². The molecule has 3 aromatic rings. The Kier molecular flexibility index (Phi) is 5.91. The molecule has 0 radical (unpaired) electrons. The SMILES string of the molecule is C[C@@H]1C=CC[C@H]2C(=O)N(c3ccc(C(=O)OCC(=O)Nc4cccc5ccccc45)cc3)C(=O)[C@@H]12. The zero-order valence-electron chi connectivity index (χ0n) is 19.1. The number of allylic oxidation sites excluding steroid dienone is 2. The third-order valence-corrected chi connectivity index (χ3v) is 6.63. The third kappa shape index (κ3) is 4.21. The van der Waals surface area contributed by atoms with Crippen LogP contribution in [-0.2, 0) is 19.1 Å². The highest BCUT2D eigenvalue weighted by Gasteiger charge is 2.50. The Morgan fingerprint density at radius 2 is 1.71 bits per heavy atom. The van der Waals surface area contributed by atoms with Crippen molar-refractivity contribution < 1.29 is 23.9 Å². The second-order valence-electron chi connectivity index (χ2n) is 8.87. The molecule has 1 aliphatic heterocycles. The van der Waals surface area contributed by atoms with Gasteiger partial charge in [0, 0.05) is 11.1 Å². The largest absolute Gasteiger partial charge is 0.452 e. The number of carbonyl (C=O) groups is 4. The molecule has 35 heavy (non-hydrogen) atoms.